The molecule has 0 amide bonds. The zero-order valence-corrected chi connectivity index (χ0v) is 21.0. The highest BCUT2D eigenvalue weighted by Gasteiger charge is 2.35. The fourth-order valence-corrected chi connectivity index (χ4v) is 4.98. The fraction of sp³-hybridized carbons (Fsp3) is 0.190. The van der Waals surface area contributed by atoms with Crippen molar-refractivity contribution in [3.05, 3.63) is 74.6 Å². The second kappa shape index (κ2) is 8.73. The van der Waals surface area contributed by atoms with Gasteiger partial charge in [-0.15, -0.1) is 0 Å². The predicted octanol–water partition coefficient (Wildman–Crippen LogP) is 5.63. The third-order valence-corrected chi connectivity index (χ3v) is 6.88. The van der Waals surface area contributed by atoms with Crippen LogP contribution in [0.5, 0.6) is 5.75 Å². The highest BCUT2D eigenvalue weighted by molar-refractivity contribution is 9.24. The van der Waals surface area contributed by atoms with Crippen LogP contribution in [0.3, 0.4) is 0 Å². The minimum atomic E-state index is -4.82. The Morgan fingerprint density at radius 2 is 1.82 bits per heavy atom. The molecule has 12 heteroatoms. The number of hydrogen-bond donors (Lipinski definition) is 0. The van der Waals surface area contributed by atoms with E-state index in [1.807, 2.05) is 18.2 Å². The monoisotopic (exact) mass is 603 g/mol. The number of ether oxygens (including phenoxy) is 1. The number of rotatable bonds is 4. The normalized spacial score (nSPS) is 12.0. The Morgan fingerprint density at radius 1 is 1.09 bits per heavy atom. The third-order valence-electron chi connectivity index (χ3n) is 5.06. The molecule has 0 aliphatic heterocycles. The Bertz CT molecular complexity index is 1490. The number of fused-ring (bicyclic) bond motifs is 1. The van der Waals surface area contributed by atoms with E-state index in [0.29, 0.717) is 32.0 Å². The standard InChI is InChI=1S/C21H14Br2F3N3O3S/c1-28-16(21(24,25)26)9-17(30)29(20(28)31)11-4-6-15-13(8-11)18(27-33-15)10-3-5-12(19(22)23)14(7-10)32-2/h3-9,19H,1-2H3. The SMILES string of the molecule is COc1cc(-c2nsc3ccc(-n4c(=O)cc(C(F)(F)F)n(C)c4=O)cc23)ccc1C(Br)Br. The first kappa shape index (κ1) is 23.7. The number of aromatic nitrogens is 3. The molecule has 0 unspecified atom stereocenters. The van der Waals surface area contributed by atoms with Gasteiger partial charge in [-0.25, -0.2) is 9.36 Å². The van der Waals surface area contributed by atoms with Crippen LogP contribution in [0.4, 0.5) is 13.2 Å². The van der Waals surface area contributed by atoms with Gasteiger partial charge in [-0.3, -0.25) is 9.36 Å². The summed E-state index contributed by atoms with van der Waals surface area (Å²) in [5, 5.41) is 0.649. The first-order chi connectivity index (χ1) is 15.5. The van der Waals surface area contributed by atoms with Crippen LogP contribution in [0.15, 0.2) is 52.1 Å². The van der Waals surface area contributed by atoms with Crippen LogP contribution < -0.4 is 16.0 Å². The van der Waals surface area contributed by atoms with Crippen molar-refractivity contribution in [3.8, 4) is 22.7 Å². The van der Waals surface area contributed by atoms with Crippen LogP contribution in [0.25, 0.3) is 27.0 Å². The molecular weight excluding hydrogens is 591 g/mol. The lowest BCUT2D eigenvalue weighted by Gasteiger charge is -2.14. The second-order valence-electron chi connectivity index (χ2n) is 7.01. The zero-order chi connectivity index (χ0) is 24.1. The highest BCUT2D eigenvalue weighted by atomic mass is 79.9. The average Bonchev–Trinajstić information content (AvgIpc) is 3.18. The summed E-state index contributed by atoms with van der Waals surface area (Å²) in [7, 11) is 2.53. The average molecular weight is 605 g/mol. The molecular formula is C21H14Br2F3N3O3S. The van der Waals surface area contributed by atoms with Gasteiger partial charge < -0.3 is 4.74 Å². The molecule has 0 N–H and O–H groups in total. The lowest BCUT2D eigenvalue weighted by atomic mass is 10.0. The molecule has 33 heavy (non-hydrogen) atoms. The van der Waals surface area contributed by atoms with Gasteiger partial charge in [0.1, 0.15) is 11.4 Å². The molecule has 0 radical (unpaired) electrons. The molecule has 2 aromatic heterocycles. The minimum Gasteiger partial charge on any atom is -0.496 e. The molecule has 0 spiro atoms. The van der Waals surface area contributed by atoms with Crippen LogP contribution in [-0.2, 0) is 13.2 Å². The molecule has 4 rings (SSSR count). The fourth-order valence-electron chi connectivity index (χ4n) is 3.45. The largest absolute Gasteiger partial charge is 0.496 e. The Hall–Kier alpha value is -2.44. The molecule has 0 saturated heterocycles. The lowest BCUT2D eigenvalue weighted by Crippen LogP contribution is -2.40. The number of nitrogens with zero attached hydrogens (tertiary/aromatic N) is 3. The molecule has 0 bridgehead atoms. The van der Waals surface area contributed by atoms with Crippen molar-refractivity contribution >= 4 is 53.5 Å². The van der Waals surface area contributed by atoms with Gasteiger partial charge in [0.05, 0.1) is 26.9 Å². The Morgan fingerprint density at radius 3 is 2.45 bits per heavy atom. The van der Waals surface area contributed by atoms with Gasteiger partial charge >= 0.3 is 11.9 Å². The van der Waals surface area contributed by atoms with Gasteiger partial charge in [-0.05, 0) is 35.8 Å². The Balaban J connectivity index is 1.90. The van der Waals surface area contributed by atoms with Crippen molar-refractivity contribution in [1.29, 1.82) is 0 Å². The van der Waals surface area contributed by atoms with Crippen LogP contribution in [0.2, 0.25) is 0 Å². The second-order valence-corrected chi connectivity index (χ2v) is 10.9. The van der Waals surface area contributed by atoms with E-state index in [1.165, 1.54) is 17.6 Å². The van der Waals surface area contributed by atoms with E-state index in [-0.39, 0.29) is 9.42 Å². The summed E-state index contributed by atoms with van der Waals surface area (Å²) >= 11 is 8.12. The lowest BCUT2D eigenvalue weighted by molar-refractivity contribution is -0.144. The Labute approximate surface area is 205 Å². The van der Waals surface area contributed by atoms with Crippen molar-refractivity contribution in [2.24, 2.45) is 7.05 Å². The van der Waals surface area contributed by atoms with E-state index in [4.69, 9.17) is 4.74 Å². The summed E-state index contributed by atoms with van der Waals surface area (Å²) in [4.78, 5) is 25.1. The maximum absolute atomic E-state index is 13.2. The van der Waals surface area contributed by atoms with E-state index in [1.54, 1.807) is 19.2 Å². The van der Waals surface area contributed by atoms with Crippen LogP contribution in [0.1, 0.15) is 15.0 Å². The molecule has 0 aliphatic rings. The number of hydrogen-bond acceptors (Lipinski definition) is 5. The van der Waals surface area contributed by atoms with Crippen molar-refractivity contribution in [2.75, 3.05) is 7.11 Å². The molecule has 0 fully saturated rings. The van der Waals surface area contributed by atoms with Crippen LogP contribution >= 0.6 is 43.4 Å². The van der Waals surface area contributed by atoms with Gasteiger partial charge in [-0.1, -0.05) is 44.0 Å². The smallest absolute Gasteiger partial charge is 0.431 e. The maximum Gasteiger partial charge on any atom is 0.431 e. The van der Waals surface area contributed by atoms with Gasteiger partial charge in [0, 0.05) is 29.6 Å². The van der Waals surface area contributed by atoms with E-state index in [2.05, 4.69) is 36.2 Å². The zero-order valence-electron chi connectivity index (χ0n) is 17.0. The van der Waals surface area contributed by atoms with Gasteiger partial charge in [0.15, 0.2) is 0 Å². The number of halogens is 5. The molecule has 2 heterocycles. The van der Waals surface area contributed by atoms with Crippen molar-refractivity contribution in [2.45, 2.75) is 9.91 Å². The summed E-state index contributed by atoms with van der Waals surface area (Å²) in [6, 6.07) is 10.7. The van der Waals surface area contributed by atoms with E-state index in [0.717, 1.165) is 22.9 Å². The van der Waals surface area contributed by atoms with Crippen molar-refractivity contribution in [3.63, 3.8) is 0 Å². The molecule has 172 valence electrons. The van der Waals surface area contributed by atoms with Gasteiger partial charge in [-0.2, -0.15) is 17.5 Å². The van der Waals surface area contributed by atoms with Crippen molar-refractivity contribution < 1.29 is 17.9 Å². The molecule has 4 aromatic rings. The number of alkyl halides is 5. The maximum atomic E-state index is 13.2. The van der Waals surface area contributed by atoms with Crippen LogP contribution in [0, 0.1) is 0 Å². The molecule has 6 nitrogen and oxygen atoms in total. The summed E-state index contributed by atoms with van der Waals surface area (Å²) in [6.45, 7) is 0. The number of benzene rings is 2. The molecule has 0 aliphatic carbocycles. The quantitative estimate of drug-likeness (QED) is 0.283. The predicted molar refractivity (Wildman–Crippen MR) is 128 cm³/mol. The first-order valence-corrected chi connectivity index (χ1v) is 11.9. The van der Waals surface area contributed by atoms with E-state index >= 15 is 0 Å². The first-order valence-electron chi connectivity index (χ1n) is 9.29. The highest BCUT2D eigenvalue weighted by Crippen LogP contribution is 2.40. The molecule has 2 aromatic carbocycles. The van der Waals surface area contributed by atoms with Gasteiger partial charge in [0.2, 0.25) is 0 Å². The summed E-state index contributed by atoms with van der Waals surface area (Å²) < 4.78 is 51.2. The Kier molecular flexibility index (Phi) is 6.27. The summed E-state index contributed by atoms with van der Waals surface area (Å²) in [6.07, 6.45) is -4.82. The van der Waals surface area contributed by atoms with E-state index in [9.17, 15) is 22.8 Å². The van der Waals surface area contributed by atoms with E-state index < -0.39 is 23.1 Å². The third kappa shape index (κ3) is 4.26. The summed E-state index contributed by atoms with van der Waals surface area (Å²) in [5.41, 5.74) is -1.11. The van der Waals surface area contributed by atoms with Gasteiger partial charge in [0.25, 0.3) is 5.56 Å². The minimum absolute atomic E-state index is 0.115. The summed E-state index contributed by atoms with van der Waals surface area (Å²) in [5.74, 6) is 0.622. The van der Waals surface area contributed by atoms with Crippen molar-refractivity contribution in [1.82, 2.24) is 13.5 Å². The number of methoxy groups -OCH3 is 1. The molecule has 0 atom stereocenters. The van der Waals surface area contributed by atoms with Crippen LogP contribution in [-0.4, -0.2) is 20.6 Å². The molecule has 0 saturated carbocycles. The topological polar surface area (TPSA) is 66.1 Å².